The molecule has 0 aromatic heterocycles. The van der Waals surface area contributed by atoms with Crippen molar-refractivity contribution in [2.75, 3.05) is 0 Å². The fourth-order valence-electron chi connectivity index (χ4n) is 1.19. The lowest BCUT2D eigenvalue weighted by atomic mass is 10.2. The summed E-state index contributed by atoms with van der Waals surface area (Å²) in [6.07, 6.45) is 3.91. The van der Waals surface area contributed by atoms with Crippen LogP contribution in [0, 0.1) is 0 Å². The van der Waals surface area contributed by atoms with Gasteiger partial charge in [0.15, 0.2) is 0 Å². The van der Waals surface area contributed by atoms with Crippen molar-refractivity contribution in [2.24, 2.45) is 5.73 Å². The third-order valence-corrected chi connectivity index (χ3v) is 2.42. The minimum atomic E-state index is -0.172. The molecule has 1 atom stereocenters. The Hall–Kier alpha value is -0.840. The average Bonchev–Trinajstić information content (AvgIpc) is 2.87. The first-order valence-electron chi connectivity index (χ1n) is 4.99. The molecule has 0 spiro atoms. The Morgan fingerprint density at radius 2 is 2.29 bits per heavy atom. The van der Waals surface area contributed by atoms with E-state index >= 15 is 0 Å². The van der Waals surface area contributed by atoms with Crippen molar-refractivity contribution in [2.45, 2.75) is 44.7 Å². The Morgan fingerprint density at radius 1 is 1.64 bits per heavy atom. The Bertz CT molecular complexity index is 228. The van der Waals surface area contributed by atoms with Gasteiger partial charge in [-0.25, -0.2) is 4.79 Å². The predicted molar refractivity (Wildman–Crippen MR) is 60.2 cm³/mol. The number of hydrogen-bond acceptors (Lipinski definition) is 2. The molecule has 80 valence electrons. The second kappa shape index (κ2) is 5.14. The first kappa shape index (κ1) is 11.2. The van der Waals surface area contributed by atoms with Crippen molar-refractivity contribution in [3.8, 4) is 0 Å². The topological polar surface area (TPSA) is 67.2 Å². The molecule has 0 radical (unpaired) electrons. The molecule has 0 bridgehead atoms. The van der Waals surface area contributed by atoms with E-state index in [4.69, 9.17) is 18.0 Å². The van der Waals surface area contributed by atoms with E-state index in [1.54, 1.807) is 0 Å². The third-order valence-electron chi connectivity index (χ3n) is 2.14. The molecule has 1 aliphatic carbocycles. The molecule has 1 fully saturated rings. The van der Waals surface area contributed by atoms with Crippen molar-refractivity contribution in [3.63, 3.8) is 0 Å². The van der Waals surface area contributed by atoms with Crippen LogP contribution in [0.25, 0.3) is 0 Å². The molecule has 5 heteroatoms. The molecule has 1 rings (SSSR count). The van der Waals surface area contributed by atoms with Crippen LogP contribution in [-0.2, 0) is 0 Å². The van der Waals surface area contributed by atoms with Gasteiger partial charge in [-0.15, -0.1) is 0 Å². The molecule has 1 saturated carbocycles. The maximum Gasteiger partial charge on any atom is 0.315 e. The maximum atomic E-state index is 11.3. The van der Waals surface area contributed by atoms with Crippen molar-refractivity contribution in [1.82, 2.24) is 10.6 Å². The Morgan fingerprint density at radius 3 is 2.71 bits per heavy atom. The summed E-state index contributed by atoms with van der Waals surface area (Å²) >= 11 is 4.87. The molecule has 4 nitrogen and oxygen atoms in total. The minimum Gasteiger partial charge on any atom is -0.392 e. The van der Waals surface area contributed by atoms with Crippen molar-refractivity contribution >= 4 is 23.2 Å². The van der Waals surface area contributed by atoms with Gasteiger partial charge in [-0.1, -0.05) is 25.6 Å². The number of amides is 2. The van der Waals surface area contributed by atoms with E-state index in [1.165, 1.54) is 0 Å². The summed E-state index contributed by atoms with van der Waals surface area (Å²) in [6.45, 7) is 2.03. The summed E-state index contributed by atoms with van der Waals surface area (Å²) < 4.78 is 0. The highest BCUT2D eigenvalue weighted by Gasteiger charge is 2.24. The number of hydrogen-bond donors (Lipinski definition) is 3. The van der Waals surface area contributed by atoms with Gasteiger partial charge in [0, 0.05) is 6.04 Å². The van der Waals surface area contributed by atoms with Gasteiger partial charge in [0.05, 0.1) is 11.0 Å². The van der Waals surface area contributed by atoms with Gasteiger partial charge in [-0.05, 0) is 19.3 Å². The first-order chi connectivity index (χ1) is 6.63. The van der Waals surface area contributed by atoms with Crippen LogP contribution in [0.15, 0.2) is 0 Å². The number of carbonyl (C=O) groups is 1. The molecule has 0 heterocycles. The molecule has 0 aliphatic heterocycles. The van der Waals surface area contributed by atoms with Gasteiger partial charge in [-0.2, -0.15) is 0 Å². The minimum absolute atomic E-state index is 0.154. The predicted octanol–water partition coefficient (Wildman–Crippen LogP) is 0.903. The Kier molecular flexibility index (Phi) is 4.13. The van der Waals surface area contributed by atoms with E-state index in [2.05, 4.69) is 10.6 Å². The lowest BCUT2D eigenvalue weighted by Crippen LogP contribution is -2.48. The van der Waals surface area contributed by atoms with E-state index < -0.39 is 0 Å². The van der Waals surface area contributed by atoms with Gasteiger partial charge in [0.1, 0.15) is 0 Å². The third kappa shape index (κ3) is 3.91. The van der Waals surface area contributed by atoms with Crippen LogP contribution in [0.4, 0.5) is 4.79 Å². The maximum absolute atomic E-state index is 11.3. The summed E-state index contributed by atoms with van der Waals surface area (Å²) in [5.41, 5.74) is 5.51. The van der Waals surface area contributed by atoms with Crippen LogP contribution in [0.1, 0.15) is 32.6 Å². The number of urea groups is 1. The molecule has 4 N–H and O–H groups in total. The summed E-state index contributed by atoms with van der Waals surface area (Å²) in [6, 6.07) is 0.0381. The van der Waals surface area contributed by atoms with E-state index in [-0.39, 0.29) is 12.1 Å². The molecular weight excluding hydrogens is 198 g/mol. The van der Waals surface area contributed by atoms with Crippen molar-refractivity contribution in [3.05, 3.63) is 0 Å². The van der Waals surface area contributed by atoms with Crippen molar-refractivity contribution in [1.29, 1.82) is 0 Å². The largest absolute Gasteiger partial charge is 0.392 e. The Balaban J connectivity index is 2.29. The number of nitrogens with two attached hydrogens (primary N) is 1. The second-order valence-corrected chi connectivity index (χ2v) is 4.11. The van der Waals surface area contributed by atoms with Crippen LogP contribution in [-0.4, -0.2) is 23.1 Å². The standard InChI is InChI=1S/C9H17N3OS/c1-2-3-7(8(10)14)12-9(13)11-6-4-5-6/h6-7H,2-5H2,1H3,(H2,10,14)(H2,11,12,13). The van der Waals surface area contributed by atoms with Crippen LogP contribution < -0.4 is 16.4 Å². The summed E-state index contributed by atoms with van der Waals surface area (Å²) in [4.78, 5) is 11.7. The fourth-order valence-corrected chi connectivity index (χ4v) is 1.36. The van der Waals surface area contributed by atoms with Gasteiger partial charge < -0.3 is 16.4 Å². The van der Waals surface area contributed by atoms with E-state index in [9.17, 15) is 4.79 Å². The van der Waals surface area contributed by atoms with Gasteiger partial charge in [0.25, 0.3) is 0 Å². The average molecular weight is 215 g/mol. The van der Waals surface area contributed by atoms with Gasteiger partial charge >= 0.3 is 6.03 Å². The highest BCUT2D eigenvalue weighted by atomic mass is 32.1. The van der Waals surface area contributed by atoms with Crippen molar-refractivity contribution < 1.29 is 4.79 Å². The highest BCUT2D eigenvalue weighted by Crippen LogP contribution is 2.18. The lowest BCUT2D eigenvalue weighted by Gasteiger charge is -2.16. The monoisotopic (exact) mass is 215 g/mol. The highest BCUT2D eigenvalue weighted by molar-refractivity contribution is 7.80. The number of nitrogens with one attached hydrogen (secondary N) is 2. The number of carbonyl (C=O) groups excluding carboxylic acids is 1. The van der Waals surface area contributed by atoms with Gasteiger partial charge in [0.2, 0.25) is 0 Å². The second-order valence-electron chi connectivity index (χ2n) is 3.64. The smallest absolute Gasteiger partial charge is 0.315 e. The van der Waals surface area contributed by atoms with Gasteiger partial charge in [-0.3, -0.25) is 0 Å². The molecule has 0 aromatic rings. The zero-order chi connectivity index (χ0) is 10.6. The zero-order valence-corrected chi connectivity index (χ0v) is 9.19. The van der Waals surface area contributed by atoms with E-state index in [1.807, 2.05) is 6.92 Å². The number of thiocarbonyl (C=S) groups is 1. The van der Waals surface area contributed by atoms with Crippen LogP contribution in [0.5, 0.6) is 0 Å². The molecule has 2 amide bonds. The molecular formula is C9H17N3OS. The molecule has 14 heavy (non-hydrogen) atoms. The molecule has 0 saturated heterocycles. The first-order valence-corrected chi connectivity index (χ1v) is 5.40. The quantitative estimate of drug-likeness (QED) is 0.597. The Labute approximate surface area is 89.6 Å². The lowest BCUT2D eigenvalue weighted by molar-refractivity contribution is 0.238. The molecule has 0 aromatic carbocycles. The van der Waals surface area contributed by atoms with Crippen LogP contribution >= 0.6 is 12.2 Å². The van der Waals surface area contributed by atoms with E-state index in [0.29, 0.717) is 11.0 Å². The van der Waals surface area contributed by atoms with Crippen LogP contribution in [0.3, 0.4) is 0 Å². The number of rotatable bonds is 5. The molecule has 1 unspecified atom stereocenters. The SMILES string of the molecule is CCCC(NC(=O)NC1CC1)C(N)=S. The van der Waals surface area contributed by atoms with E-state index in [0.717, 1.165) is 25.7 Å². The summed E-state index contributed by atoms with van der Waals surface area (Å²) in [5.74, 6) is 0. The normalized spacial score (nSPS) is 17.2. The summed E-state index contributed by atoms with van der Waals surface area (Å²) in [7, 11) is 0. The van der Waals surface area contributed by atoms with Crippen LogP contribution in [0.2, 0.25) is 0 Å². The fraction of sp³-hybridized carbons (Fsp3) is 0.778. The molecule has 1 aliphatic rings. The zero-order valence-electron chi connectivity index (χ0n) is 8.38. The summed E-state index contributed by atoms with van der Waals surface area (Å²) in [5, 5.41) is 5.60.